The third-order valence-corrected chi connectivity index (χ3v) is 7.06. The fourth-order valence-electron chi connectivity index (χ4n) is 2.79. The van der Waals surface area contributed by atoms with E-state index in [1.807, 2.05) is 29.6 Å². The standard InChI is InChI=1S/C21H16BrN5O2S2/c22-16-12-24-19(11-18(16)31-17-7-4-10-23-20(17)27(28)29)26-21-25-15(13-30-21)9-8-14-5-2-1-3-6-14/h1-7,10-13H,8-9H2,(H,24,25,26). The van der Waals surface area contributed by atoms with Crippen LogP contribution in [-0.4, -0.2) is 19.9 Å². The van der Waals surface area contributed by atoms with Crippen molar-refractivity contribution in [2.24, 2.45) is 0 Å². The largest absolute Gasteiger partial charge is 0.377 e. The van der Waals surface area contributed by atoms with Crippen LogP contribution in [-0.2, 0) is 12.8 Å². The Labute approximate surface area is 195 Å². The van der Waals surface area contributed by atoms with Gasteiger partial charge in [-0.05, 0) is 62.4 Å². The van der Waals surface area contributed by atoms with E-state index in [9.17, 15) is 10.1 Å². The summed E-state index contributed by atoms with van der Waals surface area (Å²) in [5, 5.41) is 17.3. The van der Waals surface area contributed by atoms with Gasteiger partial charge in [0.15, 0.2) is 5.13 Å². The van der Waals surface area contributed by atoms with Crippen molar-refractivity contribution in [1.29, 1.82) is 0 Å². The van der Waals surface area contributed by atoms with Crippen LogP contribution in [0.1, 0.15) is 11.3 Å². The normalized spacial score (nSPS) is 10.7. The number of aryl methyl sites for hydroxylation is 2. The number of aromatic nitrogens is 3. The van der Waals surface area contributed by atoms with E-state index in [1.165, 1.54) is 34.9 Å². The van der Waals surface area contributed by atoms with E-state index in [0.29, 0.717) is 10.7 Å². The summed E-state index contributed by atoms with van der Waals surface area (Å²) < 4.78 is 0.740. The van der Waals surface area contributed by atoms with Gasteiger partial charge < -0.3 is 15.4 Å². The molecule has 0 unspecified atom stereocenters. The average Bonchev–Trinajstić information content (AvgIpc) is 3.23. The van der Waals surface area contributed by atoms with Crippen molar-refractivity contribution in [2.75, 3.05) is 5.32 Å². The van der Waals surface area contributed by atoms with Gasteiger partial charge in [-0.25, -0.2) is 9.97 Å². The lowest BCUT2D eigenvalue weighted by atomic mass is 10.1. The number of nitro groups is 1. The first-order valence-electron chi connectivity index (χ1n) is 9.26. The molecule has 4 aromatic rings. The van der Waals surface area contributed by atoms with E-state index in [4.69, 9.17) is 0 Å². The number of halogens is 1. The van der Waals surface area contributed by atoms with E-state index in [-0.39, 0.29) is 5.82 Å². The number of anilines is 2. The summed E-state index contributed by atoms with van der Waals surface area (Å²) in [5.74, 6) is 0.440. The summed E-state index contributed by atoms with van der Waals surface area (Å²) in [6.45, 7) is 0. The fraction of sp³-hybridized carbons (Fsp3) is 0.0952. The molecule has 0 saturated heterocycles. The number of hydrogen-bond donors (Lipinski definition) is 1. The summed E-state index contributed by atoms with van der Waals surface area (Å²) in [4.78, 5) is 24.9. The molecule has 1 N–H and O–H groups in total. The molecule has 7 nitrogen and oxygen atoms in total. The zero-order valence-electron chi connectivity index (χ0n) is 16.1. The minimum atomic E-state index is -0.483. The molecule has 0 atom stereocenters. The first-order chi connectivity index (χ1) is 15.1. The minimum Gasteiger partial charge on any atom is -0.358 e. The van der Waals surface area contributed by atoms with Gasteiger partial charge in [-0.2, -0.15) is 0 Å². The van der Waals surface area contributed by atoms with Gasteiger partial charge in [0.1, 0.15) is 16.9 Å². The Bertz CT molecular complexity index is 1200. The maximum absolute atomic E-state index is 11.2. The predicted octanol–water partition coefficient (Wildman–Crippen LogP) is 6.28. The maximum Gasteiger partial charge on any atom is 0.377 e. The van der Waals surface area contributed by atoms with Gasteiger partial charge in [-0.3, -0.25) is 0 Å². The van der Waals surface area contributed by atoms with Crippen LogP contribution in [0.25, 0.3) is 0 Å². The lowest BCUT2D eigenvalue weighted by Crippen LogP contribution is -1.96. The van der Waals surface area contributed by atoms with Gasteiger partial charge in [0.25, 0.3) is 0 Å². The molecule has 0 fully saturated rings. The van der Waals surface area contributed by atoms with Crippen LogP contribution >= 0.6 is 39.0 Å². The van der Waals surface area contributed by atoms with Gasteiger partial charge in [0, 0.05) is 20.9 Å². The highest BCUT2D eigenvalue weighted by molar-refractivity contribution is 9.10. The van der Waals surface area contributed by atoms with E-state index in [0.717, 1.165) is 33.0 Å². The second-order valence-corrected chi connectivity index (χ2v) is 9.24. The molecule has 10 heteroatoms. The van der Waals surface area contributed by atoms with Crippen LogP contribution in [0.15, 0.2) is 80.6 Å². The van der Waals surface area contributed by atoms with Gasteiger partial charge in [-0.15, -0.1) is 11.3 Å². The number of benzene rings is 1. The highest BCUT2D eigenvalue weighted by Gasteiger charge is 2.17. The van der Waals surface area contributed by atoms with Crippen LogP contribution in [0.3, 0.4) is 0 Å². The van der Waals surface area contributed by atoms with Crippen molar-refractivity contribution in [1.82, 2.24) is 15.0 Å². The maximum atomic E-state index is 11.2. The fourth-order valence-corrected chi connectivity index (χ4v) is 4.92. The van der Waals surface area contributed by atoms with E-state index in [1.54, 1.807) is 18.3 Å². The number of rotatable bonds is 8. The lowest BCUT2D eigenvalue weighted by molar-refractivity contribution is -0.392. The van der Waals surface area contributed by atoms with E-state index < -0.39 is 4.92 Å². The molecule has 3 heterocycles. The second-order valence-electron chi connectivity index (χ2n) is 6.44. The molecule has 0 amide bonds. The van der Waals surface area contributed by atoms with Crippen molar-refractivity contribution in [2.45, 2.75) is 22.6 Å². The molecule has 0 saturated carbocycles. The quantitative estimate of drug-likeness (QED) is 0.218. The summed E-state index contributed by atoms with van der Waals surface area (Å²) in [7, 11) is 0. The average molecular weight is 514 g/mol. The van der Waals surface area contributed by atoms with Gasteiger partial charge in [0.05, 0.1) is 5.69 Å². The molecular weight excluding hydrogens is 498 g/mol. The van der Waals surface area contributed by atoms with Gasteiger partial charge in [-0.1, -0.05) is 42.1 Å². The third-order valence-electron chi connectivity index (χ3n) is 4.26. The Morgan fingerprint density at radius 1 is 1.10 bits per heavy atom. The van der Waals surface area contributed by atoms with Crippen molar-refractivity contribution >= 4 is 55.8 Å². The predicted molar refractivity (Wildman–Crippen MR) is 126 cm³/mol. The summed E-state index contributed by atoms with van der Waals surface area (Å²) >= 11 is 6.24. The molecule has 0 aliphatic heterocycles. The van der Waals surface area contributed by atoms with Crippen LogP contribution in [0.5, 0.6) is 0 Å². The molecular formula is C21H16BrN5O2S2. The highest BCUT2D eigenvalue weighted by atomic mass is 79.9. The topological polar surface area (TPSA) is 93.8 Å². The molecule has 4 rings (SSSR count). The molecule has 0 aliphatic carbocycles. The van der Waals surface area contributed by atoms with Crippen LogP contribution in [0.4, 0.5) is 16.8 Å². The zero-order valence-corrected chi connectivity index (χ0v) is 19.3. The Kier molecular flexibility index (Phi) is 6.90. The lowest BCUT2D eigenvalue weighted by Gasteiger charge is -2.07. The molecule has 156 valence electrons. The first kappa shape index (κ1) is 21.4. The number of nitrogens with one attached hydrogen (secondary N) is 1. The molecule has 31 heavy (non-hydrogen) atoms. The Balaban J connectivity index is 1.46. The summed E-state index contributed by atoms with van der Waals surface area (Å²) in [5.41, 5.74) is 2.31. The van der Waals surface area contributed by atoms with Crippen molar-refractivity contribution in [3.05, 3.63) is 92.1 Å². The minimum absolute atomic E-state index is 0.172. The molecule has 0 spiro atoms. The van der Waals surface area contributed by atoms with Crippen LogP contribution < -0.4 is 5.32 Å². The van der Waals surface area contributed by atoms with Crippen molar-refractivity contribution in [3.8, 4) is 0 Å². The monoisotopic (exact) mass is 513 g/mol. The first-order valence-corrected chi connectivity index (χ1v) is 11.8. The van der Waals surface area contributed by atoms with Crippen LogP contribution in [0.2, 0.25) is 0 Å². The number of thiazole rings is 1. The number of pyridine rings is 2. The number of nitrogens with zero attached hydrogens (tertiary/aromatic N) is 4. The SMILES string of the molecule is O=[N+]([O-])c1ncccc1Sc1cc(Nc2nc(CCc3ccccc3)cs2)ncc1Br. The van der Waals surface area contributed by atoms with Gasteiger partial charge >= 0.3 is 5.82 Å². The number of hydrogen-bond acceptors (Lipinski definition) is 8. The molecule has 0 aliphatic rings. The Morgan fingerprint density at radius 2 is 1.94 bits per heavy atom. The summed E-state index contributed by atoms with van der Waals surface area (Å²) in [6, 6.07) is 15.5. The van der Waals surface area contributed by atoms with Crippen molar-refractivity contribution in [3.63, 3.8) is 0 Å². The van der Waals surface area contributed by atoms with Crippen LogP contribution in [0, 0.1) is 10.1 Å². The Hall–Kier alpha value is -2.82. The second kappa shape index (κ2) is 9.99. The highest BCUT2D eigenvalue weighted by Crippen LogP contribution is 2.38. The van der Waals surface area contributed by atoms with E-state index in [2.05, 4.69) is 48.3 Å². The molecule has 1 aromatic carbocycles. The summed E-state index contributed by atoms with van der Waals surface area (Å²) in [6.07, 6.45) is 4.87. The molecule has 3 aromatic heterocycles. The van der Waals surface area contributed by atoms with E-state index >= 15 is 0 Å². The Morgan fingerprint density at radius 3 is 2.74 bits per heavy atom. The third kappa shape index (κ3) is 5.66. The van der Waals surface area contributed by atoms with Gasteiger partial charge in [0.2, 0.25) is 0 Å². The molecule has 0 radical (unpaired) electrons. The van der Waals surface area contributed by atoms with Crippen molar-refractivity contribution < 1.29 is 4.92 Å². The smallest absolute Gasteiger partial charge is 0.358 e. The zero-order chi connectivity index (χ0) is 21.6. The molecule has 0 bridgehead atoms.